The minimum Gasteiger partial charge on any atom is -0.496 e. The lowest BCUT2D eigenvalue weighted by Gasteiger charge is -2.27. The minimum atomic E-state index is -1.33. The standard InChI is InChI=1S/C29H36N2O7/c1-4-7-21-24(12-9-19-10-14-26(37-27(19)21)38-29(32)33)35-15-6-16-36-25-13-11-20(23-17-30-18-31-23)28(34-3)22(25)8-5-2/h9,11-13,17-18,26H,4-8,10,14-16H2,1-3H3,(H,30,31)(H,32,33). The molecule has 0 saturated carbocycles. The van der Waals surface area contributed by atoms with Crippen LogP contribution in [0.1, 0.15) is 56.2 Å². The highest BCUT2D eigenvalue weighted by molar-refractivity contribution is 5.71. The van der Waals surface area contributed by atoms with E-state index in [1.807, 2.05) is 24.3 Å². The summed E-state index contributed by atoms with van der Waals surface area (Å²) in [5, 5.41) is 8.97. The number of imidazole rings is 1. The molecule has 9 nitrogen and oxygen atoms in total. The maximum absolute atomic E-state index is 11.0. The van der Waals surface area contributed by atoms with Gasteiger partial charge in [0.25, 0.3) is 0 Å². The molecule has 1 atom stereocenters. The van der Waals surface area contributed by atoms with Crippen molar-refractivity contribution in [1.82, 2.24) is 9.97 Å². The van der Waals surface area contributed by atoms with Gasteiger partial charge in [0, 0.05) is 29.5 Å². The molecule has 2 N–H and O–H groups in total. The Hall–Kier alpha value is -3.88. The second kappa shape index (κ2) is 13.1. The predicted octanol–water partition coefficient (Wildman–Crippen LogP) is 6.18. The smallest absolute Gasteiger partial charge is 0.496 e. The summed E-state index contributed by atoms with van der Waals surface area (Å²) < 4.78 is 28.9. The molecule has 0 spiro atoms. The first-order valence-electron chi connectivity index (χ1n) is 13.2. The van der Waals surface area contributed by atoms with Crippen LogP contribution in [0, 0.1) is 0 Å². The maximum Gasteiger partial charge on any atom is 0.508 e. The van der Waals surface area contributed by atoms with Crippen LogP contribution in [0.15, 0.2) is 36.8 Å². The van der Waals surface area contributed by atoms with Crippen molar-refractivity contribution in [3.63, 3.8) is 0 Å². The fraction of sp³-hybridized carbons (Fsp3) is 0.448. The molecule has 0 bridgehead atoms. The molecule has 4 rings (SSSR count). The molecule has 2 heterocycles. The molecule has 1 aromatic heterocycles. The van der Waals surface area contributed by atoms with Gasteiger partial charge in [0.2, 0.25) is 6.29 Å². The third kappa shape index (κ3) is 6.33. The molecule has 0 fully saturated rings. The number of fused-ring (bicyclic) bond motifs is 1. The van der Waals surface area contributed by atoms with Crippen molar-refractivity contribution >= 4 is 6.16 Å². The van der Waals surface area contributed by atoms with Gasteiger partial charge in [-0.1, -0.05) is 32.8 Å². The fourth-order valence-electron chi connectivity index (χ4n) is 4.79. The van der Waals surface area contributed by atoms with Crippen LogP contribution >= 0.6 is 0 Å². The Labute approximate surface area is 223 Å². The zero-order valence-electron chi connectivity index (χ0n) is 22.2. The number of hydrogen-bond donors (Lipinski definition) is 2. The highest BCUT2D eigenvalue weighted by Gasteiger charge is 2.26. The van der Waals surface area contributed by atoms with Crippen molar-refractivity contribution in [3.05, 3.63) is 53.5 Å². The van der Waals surface area contributed by atoms with E-state index in [1.54, 1.807) is 19.6 Å². The first-order chi connectivity index (χ1) is 18.5. The van der Waals surface area contributed by atoms with Gasteiger partial charge in [-0.3, -0.25) is 0 Å². The van der Waals surface area contributed by atoms with E-state index in [1.165, 1.54) is 0 Å². The zero-order valence-corrected chi connectivity index (χ0v) is 22.2. The van der Waals surface area contributed by atoms with E-state index in [2.05, 4.69) is 23.8 Å². The van der Waals surface area contributed by atoms with E-state index in [0.29, 0.717) is 38.2 Å². The van der Waals surface area contributed by atoms with Gasteiger partial charge < -0.3 is 33.8 Å². The van der Waals surface area contributed by atoms with Crippen molar-refractivity contribution in [1.29, 1.82) is 0 Å². The summed E-state index contributed by atoms with van der Waals surface area (Å²) >= 11 is 0. The number of ether oxygens (including phenoxy) is 5. The zero-order chi connectivity index (χ0) is 26.9. The van der Waals surface area contributed by atoms with Crippen molar-refractivity contribution in [3.8, 4) is 34.3 Å². The summed E-state index contributed by atoms with van der Waals surface area (Å²) in [5.41, 5.74) is 4.90. The van der Waals surface area contributed by atoms with Gasteiger partial charge in [-0.15, -0.1) is 0 Å². The second-order valence-corrected chi connectivity index (χ2v) is 9.14. The summed E-state index contributed by atoms with van der Waals surface area (Å²) in [7, 11) is 1.68. The van der Waals surface area contributed by atoms with E-state index in [9.17, 15) is 4.79 Å². The summed E-state index contributed by atoms with van der Waals surface area (Å²) in [6, 6.07) is 7.94. The van der Waals surface area contributed by atoms with E-state index in [-0.39, 0.29) is 0 Å². The molecule has 2 aromatic carbocycles. The summed E-state index contributed by atoms with van der Waals surface area (Å²) in [6.45, 7) is 5.18. The molecule has 0 amide bonds. The lowest BCUT2D eigenvalue weighted by molar-refractivity contribution is -0.0640. The number of hydrogen-bond acceptors (Lipinski definition) is 7. The van der Waals surface area contributed by atoms with Gasteiger partial charge in [0.1, 0.15) is 23.0 Å². The second-order valence-electron chi connectivity index (χ2n) is 9.14. The largest absolute Gasteiger partial charge is 0.508 e. The Balaban J connectivity index is 1.40. The number of rotatable bonds is 13. The number of nitrogens with zero attached hydrogens (tertiary/aromatic N) is 1. The van der Waals surface area contributed by atoms with Crippen LogP contribution < -0.4 is 18.9 Å². The normalized spacial score (nSPS) is 14.3. The Bertz CT molecular complexity index is 1210. The molecular weight excluding hydrogens is 488 g/mol. The number of aryl methyl sites for hydroxylation is 1. The molecule has 0 aliphatic carbocycles. The number of methoxy groups -OCH3 is 1. The third-order valence-electron chi connectivity index (χ3n) is 6.44. The van der Waals surface area contributed by atoms with Gasteiger partial charge in [0.05, 0.1) is 38.5 Å². The van der Waals surface area contributed by atoms with Crippen LogP contribution in [0.3, 0.4) is 0 Å². The number of carbonyl (C=O) groups is 1. The van der Waals surface area contributed by atoms with Gasteiger partial charge in [-0.05, 0) is 43.0 Å². The fourth-order valence-corrected chi connectivity index (χ4v) is 4.79. The third-order valence-corrected chi connectivity index (χ3v) is 6.44. The molecule has 1 unspecified atom stereocenters. The highest BCUT2D eigenvalue weighted by atomic mass is 16.8. The van der Waals surface area contributed by atoms with Crippen molar-refractivity contribution < 1.29 is 33.6 Å². The molecule has 1 aliphatic rings. The van der Waals surface area contributed by atoms with Crippen LogP contribution in [0.2, 0.25) is 0 Å². The lowest BCUT2D eigenvalue weighted by Crippen LogP contribution is -2.28. The van der Waals surface area contributed by atoms with Crippen LogP contribution in [0.5, 0.6) is 23.0 Å². The monoisotopic (exact) mass is 524 g/mol. The van der Waals surface area contributed by atoms with Gasteiger partial charge in [-0.25, -0.2) is 9.78 Å². The number of benzene rings is 2. The number of nitrogens with one attached hydrogen (secondary N) is 1. The van der Waals surface area contributed by atoms with Crippen LogP contribution in [-0.4, -0.2) is 47.8 Å². The summed E-state index contributed by atoms with van der Waals surface area (Å²) in [4.78, 5) is 18.3. The number of H-pyrrole nitrogens is 1. The van der Waals surface area contributed by atoms with Crippen LogP contribution in [-0.2, 0) is 24.0 Å². The topological polar surface area (TPSA) is 112 Å². The molecule has 3 aromatic rings. The number of aromatic nitrogens is 2. The van der Waals surface area contributed by atoms with Crippen molar-refractivity contribution in [2.24, 2.45) is 0 Å². The highest BCUT2D eigenvalue weighted by Crippen LogP contribution is 2.40. The minimum absolute atomic E-state index is 0.469. The van der Waals surface area contributed by atoms with E-state index < -0.39 is 12.4 Å². The van der Waals surface area contributed by atoms with Crippen LogP contribution in [0.4, 0.5) is 4.79 Å². The first-order valence-corrected chi connectivity index (χ1v) is 13.2. The Morgan fingerprint density at radius 1 is 1.08 bits per heavy atom. The average molecular weight is 525 g/mol. The summed E-state index contributed by atoms with van der Waals surface area (Å²) in [5.74, 6) is 3.05. The van der Waals surface area contributed by atoms with E-state index in [0.717, 1.165) is 70.9 Å². The quantitative estimate of drug-likeness (QED) is 0.201. The lowest BCUT2D eigenvalue weighted by atomic mass is 9.98. The van der Waals surface area contributed by atoms with E-state index >= 15 is 0 Å². The Morgan fingerprint density at radius 2 is 1.79 bits per heavy atom. The van der Waals surface area contributed by atoms with E-state index in [4.69, 9.17) is 28.8 Å². The molecule has 9 heteroatoms. The number of carboxylic acid groups (broad SMARTS) is 1. The van der Waals surface area contributed by atoms with Gasteiger partial charge in [0.15, 0.2) is 0 Å². The summed E-state index contributed by atoms with van der Waals surface area (Å²) in [6.07, 6.45) is 6.64. The Morgan fingerprint density at radius 3 is 2.45 bits per heavy atom. The molecule has 0 saturated heterocycles. The van der Waals surface area contributed by atoms with Crippen molar-refractivity contribution in [2.75, 3.05) is 20.3 Å². The molecule has 204 valence electrons. The van der Waals surface area contributed by atoms with Gasteiger partial charge >= 0.3 is 6.16 Å². The average Bonchev–Trinajstić information content (AvgIpc) is 3.45. The Kier molecular flexibility index (Phi) is 9.35. The number of aromatic amines is 1. The van der Waals surface area contributed by atoms with Gasteiger partial charge in [-0.2, -0.15) is 0 Å². The maximum atomic E-state index is 11.0. The predicted molar refractivity (Wildman–Crippen MR) is 142 cm³/mol. The first kappa shape index (κ1) is 27.2. The SMILES string of the molecule is CCCc1c(OCCCOc2ccc(-c3cnc[nH]3)c(OC)c2CCC)ccc2c1OC(OC(=O)O)CC2. The van der Waals surface area contributed by atoms with Crippen LogP contribution in [0.25, 0.3) is 11.3 Å². The molecule has 0 radical (unpaired) electrons. The molecule has 38 heavy (non-hydrogen) atoms. The molecule has 1 aliphatic heterocycles. The van der Waals surface area contributed by atoms with Crippen molar-refractivity contribution in [2.45, 2.75) is 65.1 Å². The molecular formula is C29H36N2O7.